The van der Waals surface area contributed by atoms with E-state index in [2.05, 4.69) is 23.3 Å². The van der Waals surface area contributed by atoms with Gasteiger partial charge in [0.25, 0.3) is 0 Å². The summed E-state index contributed by atoms with van der Waals surface area (Å²) in [5, 5.41) is 3.26. The number of furan rings is 1. The summed E-state index contributed by atoms with van der Waals surface area (Å²) in [6, 6.07) is 2.08. The lowest BCUT2D eigenvalue weighted by atomic mass is 10.2. The van der Waals surface area contributed by atoms with Crippen LogP contribution in [0.3, 0.4) is 0 Å². The van der Waals surface area contributed by atoms with Gasteiger partial charge in [0.05, 0.1) is 31.0 Å². The maximum atomic E-state index is 5.75. The van der Waals surface area contributed by atoms with Crippen molar-refractivity contribution in [3.63, 3.8) is 0 Å². The molecule has 0 saturated carbocycles. The van der Waals surface area contributed by atoms with Gasteiger partial charge in [-0.25, -0.2) is 4.98 Å². The van der Waals surface area contributed by atoms with Gasteiger partial charge in [0.2, 0.25) is 0 Å². The Morgan fingerprint density at radius 2 is 2.25 bits per heavy atom. The van der Waals surface area contributed by atoms with Crippen LogP contribution in [0.15, 0.2) is 16.0 Å². The highest BCUT2D eigenvalue weighted by atomic mass is 32.1. The van der Waals surface area contributed by atoms with Gasteiger partial charge in [0.1, 0.15) is 11.5 Å². The molecule has 20 heavy (non-hydrogen) atoms. The molecule has 2 rings (SSSR count). The van der Waals surface area contributed by atoms with Crippen LogP contribution < -0.4 is 5.32 Å². The third-order valence-electron chi connectivity index (χ3n) is 3.20. The second-order valence-corrected chi connectivity index (χ2v) is 5.68. The lowest BCUT2D eigenvalue weighted by Gasteiger charge is -2.02. The van der Waals surface area contributed by atoms with Gasteiger partial charge in [0, 0.05) is 16.9 Å². The third-order valence-corrected chi connectivity index (χ3v) is 4.19. The Bertz CT molecular complexity index is 534. The molecule has 0 aliphatic carbocycles. The molecule has 0 radical (unpaired) electrons. The van der Waals surface area contributed by atoms with E-state index in [1.54, 1.807) is 11.3 Å². The van der Waals surface area contributed by atoms with Crippen molar-refractivity contribution in [3.05, 3.63) is 39.2 Å². The van der Waals surface area contributed by atoms with Crippen LogP contribution >= 0.6 is 11.3 Å². The maximum absolute atomic E-state index is 5.75. The van der Waals surface area contributed by atoms with Crippen LogP contribution in [-0.4, -0.2) is 18.1 Å². The highest BCUT2D eigenvalue weighted by Gasteiger charge is 2.07. The molecule has 110 valence electrons. The van der Waals surface area contributed by atoms with E-state index in [9.17, 15) is 0 Å². The second-order valence-electron chi connectivity index (χ2n) is 4.74. The van der Waals surface area contributed by atoms with Gasteiger partial charge < -0.3 is 14.5 Å². The highest BCUT2D eigenvalue weighted by Crippen LogP contribution is 2.17. The molecule has 0 aromatic carbocycles. The first-order chi connectivity index (χ1) is 9.70. The molecule has 0 aliphatic heterocycles. The first-order valence-corrected chi connectivity index (χ1v) is 7.84. The molecule has 5 heteroatoms. The first kappa shape index (κ1) is 15.2. The molecule has 4 nitrogen and oxygen atoms in total. The molecule has 0 atom stereocenters. The van der Waals surface area contributed by atoms with Crippen molar-refractivity contribution in [2.75, 3.05) is 13.2 Å². The highest BCUT2D eigenvalue weighted by molar-refractivity contribution is 7.09. The fourth-order valence-electron chi connectivity index (χ4n) is 1.98. The number of ether oxygens (including phenoxy) is 1. The lowest BCUT2D eigenvalue weighted by molar-refractivity contribution is 0.123. The van der Waals surface area contributed by atoms with E-state index < -0.39 is 0 Å². The Labute approximate surface area is 124 Å². The minimum atomic E-state index is 0.610. The van der Waals surface area contributed by atoms with Crippen LogP contribution in [0, 0.1) is 13.8 Å². The molecule has 2 aromatic rings. The zero-order valence-electron chi connectivity index (χ0n) is 12.4. The number of hydrogen-bond acceptors (Lipinski definition) is 5. The summed E-state index contributed by atoms with van der Waals surface area (Å²) in [4.78, 5) is 5.55. The number of thiazole rings is 1. The summed E-state index contributed by atoms with van der Waals surface area (Å²) in [6.07, 6.45) is 0.928. The monoisotopic (exact) mass is 294 g/mol. The second kappa shape index (κ2) is 7.57. The van der Waals surface area contributed by atoms with Crippen LogP contribution in [0.5, 0.6) is 0 Å². The fraction of sp³-hybridized carbons (Fsp3) is 0.533. The molecule has 0 aliphatic rings. The quantitative estimate of drug-likeness (QED) is 0.759. The molecular weight excluding hydrogens is 272 g/mol. The first-order valence-electron chi connectivity index (χ1n) is 6.96. The van der Waals surface area contributed by atoms with Crippen LogP contribution in [0.4, 0.5) is 0 Å². The number of aryl methyl sites for hydroxylation is 2. The summed E-state index contributed by atoms with van der Waals surface area (Å²) >= 11 is 1.69. The van der Waals surface area contributed by atoms with Gasteiger partial charge >= 0.3 is 0 Å². The van der Waals surface area contributed by atoms with E-state index in [1.807, 2.05) is 19.4 Å². The summed E-state index contributed by atoms with van der Waals surface area (Å²) < 4.78 is 11.4. The van der Waals surface area contributed by atoms with Gasteiger partial charge in [-0.3, -0.25) is 0 Å². The third kappa shape index (κ3) is 4.16. The van der Waals surface area contributed by atoms with Crippen molar-refractivity contribution < 1.29 is 9.15 Å². The Morgan fingerprint density at radius 1 is 1.40 bits per heavy atom. The average Bonchev–Trinajstić information content (AvgIpc) is 2.99. The smallest absolute Gasteiger partial charge is 0.118 e. The molecular formula is C15H22N2O2S. The molecule has 0 unspecified atom stereocenters. The Balaban J connectivity index is 1.76. The Hall–Kier alpha value is -1.17. The van der Waals surface area contributed by atoms with E-state index in [0.717, 1.165) is 48.9 Å². The van der Waals surface area contributed by atoms with E-state index in [-0.39, 0.29) is 0 Å². The molecule has 1 N–H and O–H groups in total. The minimum Gasteiger partial charge on any atom is -0.465 e. The van der Waals surface area contributed by atoms with Gasteiger partial charge in [-0.2, -0.15) is 0 Å². The van der Waals surface area contributed by atoms with Gasteiger partial charge in [-0.05, 0) is 26.5 Å². The number of nitrogens with one attached hydrogen (secondary N) is 1. The maximum Gasteiger partial charge on any atom is 0.118 e. The minimum absolute atomic E-state index is 0.610. The molecule has 0 spiro atoms. The summed E-state index contributed by atoms with van der Waals surface area (Å²) in [5.74, 6) is 1.92. The van der Waals surface area contributed by atoms with Gasteiger partial charge in [0.15, 0.2) is 0 Å². The summed E-state index contributed by atoms with van der Waals surface area (Å²) in [6.45, 7) is 9.16. The zero-order chi connectivity index (χ0) is 14.4. The number of hydrogen-bond donors (Lipinski definition) is 1. The van der Waals surface area contributed by atoms with Crippen molar-refractivity contribution in [2.45, 2.75) is 40.3 Å². The average molecular weight is 294 g/mol. The van der Waals surface area contributed by atoms with E-state index in [4.69, 9.17) is 9.15 Å². The SMILES string of the molecule is CCNCc1cc(COCCc2scnc2C)c(C)o1. The van der Waals surface area contributed by atoms with Crippen LogP contribution in [-0.2, 0) is 24.3 Å². The van der Waals surface area contributed by atoms with Gasteiger partial charge in [-0.1, -0.05) is 6.92 Å². The molecule has 0 fully saturated rings. The number of aromatic nitrogens is 1. The van der Waals surface area contributed by atoms with Crippen LogP contribution in [0.2, 0.25) is 0 Å². The Morgan fingerprint density at radius 3 is 2.95 bits per heavy atom. The van der Waals surface area contributed by atoms with Crippen molar-refractivity contribution in [1.29, 1.82) is 0 Å². The summed E-state index contributed by atoms with van der Waals surface area (Å²) in [5.41, 5.74) is 4.14. The predicted molar refractivity (Wildman–Crippen MR) is 81.0 cm³/mol. The van der Waals surface area contributed by atoms with Crippen molar-refractivity contribution in [3.8, 4) is 0 Å². The topological polar surface area (TPSA) is 47.3 Å². The van der Waals surface area contributed by atoms with Gasteiger partial charge in [-0.15, -0.1) is 11.3 Å². The van der Waals surface area contributed by atoms with E-state index >= 15 is 0 Å². The summed E-state index contributed by atoms with van der Waals surface area (Å²) in [7, 11) is 0. The number of nitrogens with zero attached hydrogens (tertiary/aromatic N) is 1. The zero-order valence-corrected chi connectivity index (χ0v) is 13.2. The van der Waals surface area contributed by atoms with Crippen molar-refractivity contribution >= 4 is 11.3 Å². The molecule has 0 saturated heterocycles. The molecule has 2 heterocycles. The molecule has 2 aromatic heterocycles. The normalized spacial score (nSPS) is 11.2. The van der Waals surface area contributed by atoms with Crippen LogP contribution in [0.25, 0.3) is 0 Å². The Kier molecular flexibility index (Phi) is 5.76. The largest absolute Gasteiger partial charge is 0.465 e. The predicted octanol–water partition coefficient (Wildman–Crippen LogP) is 3.22. The standard InChI is InChI=1S/C15H22N2O2S/c1-4-16-8-14-7-13(12(3)19-14)9-18-6-5-15-11(2)17-10-20-15/h7,10,16H,4-6,8-9H2,1-3H3. The van der Waals surface area contributed by atoms with E-state index in [0.29, 0.717) is 6.61 Å². The van der Waals surface area contributed by atoms with Crippen molar-refractivity contribution in [1.82, 2.24) is 10.3 Å². The van der Waals surface area contributed by atoms with Crippen molar-refractivity contribution in [2.24, 2.45) is 0 Å². The molecule has 0 bridgehead atoms. The van der Waals surface area contributed by atoms with E-state index in [1.165, 1.54) is 4.88 Å². The number of rotatable bonds is 8. The molecule has 0 amide bonds. The lowest BCUT2D eigenvalue weighted by Crippen LogP contribution is -2.10. The van der Waals surface area contributed by atoms with Crippen LogP contribution in [0.1, 0.15) is 34.6 Å². The fourth-order valence-corrected chi connectivity index (χ4v) is 2.74.